The van der Waals surface area contributed by atoms with E-state index < -0.39 is 0 Å². The van der Waals surface area contributed by atoms with Crippen LogP contribution in [0.15, 0.2) is 78.9 Å². The minimum atomic E-state index is -0.368. The summed E-state index contributed by atoms with van der Waals surface area (Å²) >= 11 is 6.02. The highest BCUT2D eigenvalue weighted by molar-refractivity contribution is 6.30. The van der Waals surface area contributed by atoms with Crippen LogP contribution in [0.4, 0.5) is 0 Å². The van der Waals surface area contributed by atoms with E-state index in [0.29, 0.717) is 31.1 Å². The Balaban J connectivity index is 1.30. The molecule has 5 rings (SSSR count). The number of amides is 1. The van der Waals surface area contributed by atoms with Crippen molar-refractivity contribution in [3.8, 4) is 0 Å². The molecule has 1 aromatic heterocycles. The molecule has 7 heteroatoms. The van der Waals surface area contributed by atoms with Gasteiger partial charge in [0.25, 0.3) is 0 Å². The van der Waals surface area contributed by atoms with Crippen molar-refractivity contribution in [3.63, 3.8) is 0 Å². The Morgan fingerprint density at radius 1 is 0.917 bits per heavy atom. The van der Waals surface area contributed by atoms with Gasteiger partial charge < -0.3 is 4.90 Å². The average molecular weight is 500 g/mol. The molecule has 1 amide bonds. The SMILES string of the molecule is Cc1ccc(CCC(=O)N2CCC(c3ccccc3)(c3nnn(Cc4ccc(Cl)cc4)n3)CC2)cc1. The summed E-state index contributed by atoms with van der Waals surface area (Å²) in [4.78, 5) is 16.7. The molecule has 184 valence electrons. The van der Waals surface area contributed by atoms with Gasteiger partial charge in [-0.1, -0.05) is 83.9 Å². The van der Waals surface area contributed by atoms with Crippen molar-refractivity contribution in [2.24, 2.45) is 0 Å². The number of tetrazole rings is 1. The topological polar surface area (TPSA) is 63.9 Å². The van der Waals surface area contributed by atoms with E-state index in [9.17, 15) is 4.79 Å². The molecular formula is C29H30ClN5O. The second kappa shape index (κ2) is 10.6. The maximum Gasteiger partial charge on any atom is 0.222 e. The van der Waals surface area contributed by atoms with Crippen LogP contribution in [0.25, 0.3) is 0 Å². The molecule has 0 aliphatic carbocycles. The molecule has 0 unspecified atom stereocenters. The first-order valence-corrected chi connectivity index (χ1v) is 12.8. The summed E-state index contributed by atoms with van der Waals surface area (Å²) in [5.74, 6) is 0.922. The molecule has 1 aliphatic rings. The molecule has 1 fully saturated rings. The van der Waals surface area contributed by atoms with Gasteiger partial charge in [-0.3, -0.25) is 4.79 Å². The van der Waals surface area contributed by atoms with Crippen molar-refractivity contribution < 1.29 is 4.79 Å². The maximum absolute atomic E-state index is 13.0. The zero-order valence-electron chi connectivity index (χ0n) is 20.5. The smallest absolute Gasteiger partial charge is 0.222 e. The zero-order chi connectivity index (χ0) is 25.0. The Bertz CT molecular complexity index is 1290. The molecule has 6 nitrogen and oxygen atoms in total. The third-order valence-corrected chi connectivity index (χ3v) is 7.41. The summed E-state index contributed by atoms with van der Waals surface area (Å²) in [6.07, 6.45) is 2.82. The molecule has 2 heterocycles. The van der Waals surface area contributed by atoms with Crippen LogP contribution in [0.3, 0.4) is 0 Å². The summed E-state index contributed by atoms with van der Waals surface area (Å²) in [6.45, 7) is 3.95. The lowest BCUT2D eigenvalue weighted by molar-refractivity contribution is -0.132. The number of likely N-dealkylation sites (tertiary alicyclic amines) is 1. The summed E-state index contributed by atoms with van der Waals surface area (Å²) < 4.78 is 0. The van der Waals surface area contributed by atoms with Crippen molar-refractivity contribution in [1.29, 1.82) is 0 Å². The van der Waals surface area contributed by atoms with Gasteiger partial charge in [-0.15, -0.1) is 10.2 Å². The Kier molecular flexibility index (Phi) is 7.14. The fourth-order valence-corrected chi connectivity index (χ4v) is 5.08. The van der Waals surface area contributed by atoms with E-state index in [1.807, 2.05) is 47.4 Å². The second-order valence-corrected chi connectivity index (χ2v) is 10.0. The van der Waals surface area contributed by atoms with Crippen molar-refractivity contribution >= 4 is 17.5 Å². The number of halogens is 1. The largest absolute Gasteiger partial charge is 0.343 e. The monoisotopic (exact) mass is 499 g/mol. The molecule has 36 heavy (non-hydrogen) atoms. The van der Waals surface area contributed by atoms with E-state index in [1.54, 1.807) is 4.80 Å². The van der Waals surface area contributed by atoms with Gasteiger partial charge >= 0.3 is 0 Å². The van der Waals surface area contributed by atoms with Crippen LogP contribution in [-0.4, -0.2) is 44.1 Å². The van der Waals surface area contributed by atoms with E-state index in [-0.39, 0.29) is 11.3 Å². The first-order valence-electron chi connectivity index (χ1n) is 12.4. The molecule has 0 bridgehead atoms. The Labute approximate surface area is 216 Å². The van der Waals surface area contributed by atoms with Gasteiger partial charge in [0, 0.05) is 24.5 Å². The molecular weight excluding hydrogens is 470 g/mol. The highest BCUT2D eigenvalue weighted by atomic mass is 35.5. The first-order chi connectivity index (χ1) is 17.5. The summed E-state index contributed by atoms with van der Waals surface area (Å²) in [7, 11) is 0. The molecule has 0 radical (unpaired) electrons. The van der Waals surface area contributed by atoms with Gasteiger partial charge in [-0.05, 0) is 60.2 Å². The van der Waals surface area contributed by atoms with Crippen molar-refractivity contribution in [2.75, 3.05) is 13.1 Å². The number of carbonyl (C=O) groups is 1. The van der Waals surface area contributed by atoms with Gasteiger partial charge in [0.2, 0.25) is 5.91 Å². The lowest BCUT2D eigenvalue weighted by Crippen LogP contribution is -2.46. The average Bonchev–Trinajstić information content (AvgIpc) is 3.39. The maximum atomic E-state index is 13.0. The normalized spacial score (nSPS) is 15.1. The van der Waals surface area contributed by atoms with Crippen LogP contribution in [0.1, 0.15) is 47.3 Å². The molecule has 3 aromatic carbocycles. The number of benzene rings is 3. The number of aromatic nitrogens is 4. The molecule has 4 aromatic rings. The Morgan fingerprint density at radius 2 is 1.58 bits per heavy atom. The highest BCUT2D eigenvalue weighted by Crippen LogP contribution is 2.40. The summed E-state index contributed by atoms with van der Waals surface area (Å²) in [5, 5.41) is 14.4. The number of nitrogens with zero attached hydrogens (tertiary/aromatic N) is 5. The number of piperidine rings is 1. The number of hydrogen-bond donors (Lipinski definition) is 0. The fourth-order valence-electron chi connectivity index (χ4n) is 4.96. The third kappa shape index (κ3) is 5.34. The van der Waals surface area contributed by atoms with Gasteiger partial charge in [0.15, 0.2) is 5.82 Å². The van der Waals surface area contributed by atoms with Crippen molar-refractivity contribution in [2.45, 2.75) is 44.6 Å². The quantitative estimate of drug-likeness (QED) is 0.349. The van der Waals surface area contributed by atoms with Crippen LogP contribution < -0.4 is 0 Å². The van der Waals surface area contributed by atoms with E-state index >= 15 is 0 Å². The van der Waals surface area contributed by atoms with Gasteiger partial charge in [0.1, 0.15) is 0 Å². The summed E-state index contributed by atoms with van der Waals surface area (Å²) in [5.41, 5.74) is 4.30. The Morgan fingerprint density at radius 3 is 2.28 bits per heavy atom. The lowest BCUT2D eigenvalue weighted by Gasteiger charge is -2.40. The number of rotatable bonds is 7. The highest BCUT2D eigenvalue weighted by Gasteiger charge is 2.42. The first kappa shape index (κ1) is 24.2. The van der Waals surface area contributed by atoms with Crippen molar-refractivity contribution in [3.05, 3.63) is 112 Å². The van der Waals surface area contributed by atoms with Crippen LogP contribution in [-0.2, 0) is 23.2 Å². The van der Waals surface area contributed by atoms with E-state index in [1.165, 1.54) is 16.7 Å². The standard InChI is InChI=1S/C29H30ClN5O/c1-22-7-9-23(10-8-22)13-16-27(36)34-19-17-29(18-20-34,25-5-3-2-4-6-25)28-31-33-35(32-28)21-24-11-14-26(30)15-12-24/h2-12,14-15H,13,16-21H2,1H3. The van der Waals surface area contributed by atoms with Crippen LogP contribution in [0, 0.1) is 6.92 Å². The molecule has 0 saturated carbocycles. The van der Waals surface area contributed by atoms with E-state index in [2.05, 4.69) is 53.6 Å². The van der Waals surface area contributed by atoms with Crippen LogP contribution in [0.2, 0.25) is 5.02 Å². The van der Waals surface area contributed by atoms with Gasteiger partial charge in [-0.2, -0.15) is 4.80 Å². The van der Waals surface area contributed by atoms with Gasteiger partial charge in [0.05, 0.1) is 12.0 Å². The third-order valence-electron chi connectivity index (χ3n) is 7.16. The van der Waals surface area contributed by atoms with Crippen LogP contribution >= 0.6 is 11.6 Å². The zero-order valence-corrected chi connectivity index (χ0v) is 21.2. The fraction of sp³-hybridized carbons (Fsp3) is 0.310. The molecule has 0 atom stereocenters. The molecule has 1 saturated heterocycles. The van der Waals surface area contributed by atoms with E-state index in [4.69, 9.17) is 16.7 Å². The van der Waals surface area contributed by atoms with E-state index in [0.717, 1.165) is 30.7 Å². The van der Waals surface area contributed by atoms with Crippen molar-refractivity contribution in [1.82, 2.24) is 25.1 Å². The molecule has 0 N–H and O–H groups in total. The van der Waals surface area contributed by atoms with Crippen LogP contribution in [0.5, 0.6) is 0 Å². The number of hydrogen-bond acceptors (Lipinski definition) is 4. The number of aryl methyl sites for hydroxylation is 2. The lowest BCUT2D eigenvalue weighted by atomic mass is 9.72. The predicted molar refractivity (Wildman–Crippen MR) is 141 cm³/mol. The predicted octanol–water partition coefficient (Wildman–Crippen LogP) is 5.22. The molecule has 1 aliphatic heterocycles. The van der Waals surface area contributed by atoms with Gasteiger partial charge in [-0.25, -0.2) is 0 Å². The minimum absolute atomic E-state index is 0.205. The summed E-state index contributed by atoms with van der Waals surface area (Å²) in [6, 6.07) is 26.5. The second-order valence-electron chi connectivity index (χ2n) is 9.58. The number of carbonyl (C=O) groups excluding carboxylic acids is 1. The molecule has 0 spiro atoms. The minimum Gasteiger partial charge on any atom is -0.343 e. The Hall–Kier alpha value is -3.51.